The molecule has 0 aliphatic heterocycles. The molecular formula is C14H10N6O. The van der Waals surface area contributed by atoms with Gasteiger partial charge in [0.2, 0.25) is 0 Å². The van der Waals surface area contributed by atoms with E-state index in [-0.39, 0.29) is 0 Å². The summed E-state index contributed by atoms with van der Waals surface area (Å²) in [6.07, 6.45) is 10.1. The van der Waals surface area contributed by atoms with E-state index in [0.717, 1.165) is 32.7 Å². The standard InChI is InChI=1S/C14H10N6O/c21-20-9-11(5-17-20)13-4-10-8-19(18-14(10)7-16-13)12-2-1-3-15-6-12/h1-9,21H. The summed E-state index contributed by atoms with van der Waals surface area (Å²) in [5, 5.41) is 18.4. The fourth-order valence-electron chi connectivity index (χ4n) is 2.15. The third-order valence-corrected chi connectivity index (χ3v) is 3.17. The predicted octanol–water partition coefficient (Wildman–Crippen LogP) is 1.92. The van der Waals surface area contributed by atoms with Gasteiger partial charge in [0.25, 0.3) is 0 Å². The molecule has 0 saturated heterocycles. The number of pyridine rings is 2. The third kappa shape index (κ3) is 2.00. The monoisotopic (exact) mass is 278 g/mol. The lowest BCUT2D eigenvalue weighted by Gasteiger charge is -1.97. The van der Waals surface area contributed by atoms with Gasteiger partial charge in [-0.3, -0.25) is 9.97 Å². The first kappa shape index (κ1) is 11.6. The summed E-state index contributed by atoms with van der Waals surface area (Å²) in [6.45, 7) is 0. The van der Waals surface area contributed by atoms with Crippen LogP contribution >= 0.6 is 0 Å². The molecule has 7 heteroatoms. The maximum atomic E-state index is 9.23. The van der Waals surface area contributed by atoms with Gasteiger partial charge in [-0.2, -0.15) is 5.10 Å². The van der Waals surface area contributed by atoms with Gasteiger partial charge in [-0.25, -0.2) is 4.68 Å². The highest BCUT2D eigenvalue weighted by molar-refractivity contribution is 5.81. The van der Waals surface area contributed by atoms with E-state index in [9.17, 15) is 5.21 Å². The zero-order valence-corrected chi connectivity index (χ0v) is 10.8. The third-order valence-electron chi connectivity index (χ3n) is 3.17. The molecule has 4 aromatic heterocycles. The minimum absolute atomic E-state index is 0.730. The molecule has 4 aromatic rings. The Kier molecular flexibility index (Phi) is 2.43. The second-order valence-corrected chi connectivity index (χ2v) is 4.56. The van der Waals surface area contributed by atoms with Crippen molar-refractivity contribution in [3.8, 4) is 16.9 Å². The molecule has 0 bridgehead atoms. The molecule has 0 amide bonds. The molecule has 0 aliphatic carbocycles. The molecule has 102 valence electrons. The zero-order chi connectivity index (χ0) is 14.2. The van der Waals surface area contributed by atoms with E-state index < -0.39 is 0 Å². The van der Waals surface area contributed by atoms with Crippen molar-refractivity contribution in [2.45, 2.75) is 0 Å². The van der Waals surface area contributed by atoms with E-state index in [1.807, 2.05) is 24.4 Å². The smallest absolute Gasteiger partial charge is 0.111 e. The van der Waals surface area contributed by atoms with E-state index in [2.05, 4.69) is 20.2 Å². The van der Waals surface area contributed by atoms with Crippen LogP contribution < -0.4 is 0 Å². The molecular weight excluding hydrogens is 268 g/mol. The number of hydrogen-bond donors (Lipinski definition) is 1. The van der Waals surface area contributed by atoms with E-state index in [0.29, 0.717) is 0 Å². The van der Waals surface area contributed by atoms with Gasteiger partial charge >= 0.3 is 0 Å². The summed E-state index contributed by atoms with van der Waals surface area (Å²) in [5.74, 6) is 0. The van der Waals surface area contributed by atoms with Gasteiger partial charge in [0, 0.05) is 23.3 Å². The second kappa shape index (κ2) is 4.41. The van der Waals surface area contributed by atoms with Crippen LogP contribution in [0.1, 0.15) is 0 Å². The number of nitrogens with zero attached hydrogens (tertiary/aromatic N) is 6. The van der Waals surface area contributed by atoms with Crippen molar-refractivity contribution >= 4 is 10.9 Å². The molecule has 4 rings (SSSR count). The topological polar surface area (TPSA) is 81.7 Å². The normalized spacial score (nSPS) is 11.0. The first-order valence-corrected chi connectivity index (χ1v) is 6.30. The Bertz CT molecular complexity index is 912. The van der Waals surface area contributed by atoms with Crippen LogP contribution in [0.5, 0.6) is 0 Å². The van der Waals surface area contributed by atoms with Crippen molar-refractivity contribution in [1.29, 1.82) is 0 Å². The Hall–Kier alpha value is -3.22. The Morgan fingerprint density at radius 1 is 1.10 bits per heavy atom. The average molecular weight is 278 g/mol. The predicted molar refractivity (Wildman–Crippen MR) is 75.1 cm³/mol. The Labute approximate surface area is 119 Å². The molecule has 21 heavy (non-hydrogen) atoms. The lowest BCUT2D eigenvalue weighted by Crippen LogP contribution is -1.93. The van der Waals surface area contributed by atoms with Gasteiger partial charge < -0.3 is 5.21 Å². The summed E-state index contributed by atoms with van der Waals surface area (Å²) >= 11 is 0. The average Bonchev–Trinajstić information content (AvgIpc) is 3.13. The Morgan fingerprint density at radius 2 is 2.05 bits per heavy atom. The van der Waals surface area contributed by atoms with Crippen LogP contribution in [0.3, 0.4) is 0 Å². The molecule has 0 spiro atoms. The molecule has 0 atom stereocenters. The second-order valence-electron chi connectivity index (χ2n) is 4.56. The van der Waals surface area contributed by atoms with Crippen LogP contribution in [0.4, 0.5) is 0 Å². The minimum Gasteiger partial charge on any atom is -0.412 e. The highest BCUT2D eigenvalue weighted by Crippen LogP contribution is 2.21. The highest BCUT2D eigenvalue weighted by atomic mass is 16.5. The maximum Gasteiger partial charge on any atom is 0.111 e. The fourth-order valence-corrected chi connectivity index (χ4v) is 2.15. The van der Waals surface area contributed by atoms with Gasteiger partial charge in [-0.15, -0.1) is 9.94 Å². The largest absolute Gasteiger partial charge is 0.412 e. The van der Waals surface area contributed by atoms with E-state index in [1.54, 1.807) is 29.5 Å². The molecule has 4 heterocycles. The van der Waals surface area contributed by atoms with E-state index in [4.69, 9.17) is 0 Å². The number of fused-ring (bicyclic) bond motifs is 1. The van der Waals surface area contributed by atoms with Crippen LogP contribution in [0, 0.1) is 0 Å². The summed E-state index contributed by atoms with van der Waals surface area (Å²) in [6, 6.07) is 5.70. The van der Waals surface area contributed by atoms with Crippen LogP contribution in [0.25, 0.3) is 27.8 Å². The van der Waals surface area contributed by atoms with Crippen LogP contribution in [-0.4, -0.2) is 34.9 Å². The first-order valence-electron chi connectivity index (χ1n) is 6.30. The molecule has 0 saturated carbocycles. The van der Waals surface area contributed by atoms with Gasteiger partial charge in [0.1, 0.15) is 5.52 Å². The summed E-state index contributed by atoms with van der Waals surface area (Å²) in [5.41, 5.74) is 3.15. The van der Waals surface area contributed by atoms with Gasteiger partial charge in [0.15, 0.2) is 0 Å². The van der Waals surface area contributed by atoms with Gasteiger partial charge in [-0.1, -0.05) is 0 Å². The number of rotatable bonds is 2. The minimum atomic E-state index is 0.730. The van der Waals surface area contributed by atoms with Crippen LogP contribution in [0.15, 0.2) is 55.4 Å². The van der Waals surface area contributed by atoms with Crippen LogP contribution in [-0.2, 0) is 0 Å². The molecule has 7 nitrogen and oxygen atoms in total. The SMILES string of the molecule is On1cc(-c2cc3cn(-c4cccnc4)nc3cn2)cn1. The van der Waals surface area contributed by atoms with Crippen molar-refractivity contribution in [2.75, 3.05) is 0 Å². The lowest BCUT2D eigenvalue weighted by molar-refractivity contribution is 0.149. The summed E-state index contributed by atoms with van der Waals surface area (Å²) in [7, 11) is 0. The Morgan fingerprint density at radius 3 is 2.81 bits per heavy atom. The fraction of sp³-hybridized carbons (Fsp3) is 0. The number of hydrogen-bond acceptors (Lipinski definition) is 5. The zero-order valence-electron chi connectivity index (χ0n) is 10.8. The van der Waals surface area contributed by atoms with Gasteiger partial charge in [0.05, 0.1) is 36.2 Å². The van der Waals surface area contributed by atoms with Crippen molar-refractivity contribution in [3.05, 3.63) is 55.4 Å². The molecule has 1 N–H and O–H groups in total. The molecule has 0 aromatic carbocycles. The quantitative estimate of drug-likeness (QED) is 0.566. The molecule has 0 aliphatic rings. The molecule has 0 fully saturated rings. The number of aromatic nitrogens is 6. The van der Waals surface area contributed by atoms with Crippen molar-refractivity contribution < 1.29 is 5.21 Å². The first-order chi connectivity index (χ1) is 10.3. The van der Waals surface area contributed by atoms with E-state index >= 15 is 0 Å². The van der Waals surface area contributed by atoms with Crippen molar-refractivity contribution in [3.63, 3.8) is 0 Å². The van der Waals surface area contributed by atoms with E-state index in [1.165, 1.54) is 6.20 Å². The molecule has 0 unspecified atom stereocenters. The molecule has 0 radical (unpaired) electrons. The summed E-state index contributed by atoms with van der Waals surface area (Å²) in [4.78, 5) is 9.19. The lowest BCUT2D eigenvalue weighted by atomic mass is 10.2. The highest BCUT2D eigenvalue weighted by Gasteiger charge is 2.07. The van der Waals surface area contributed by atoms with Crippen LogP contribution in [0.2, 0.25) is 0 Å². The maximum absolute atomic E-state index is 9.23. The summed E-state index contributed by atoms with van der Waals surface area (Å²) < 4.78 is 1.76. The Balaban J connectivity index is 1.82. The van der Waals surface area contributed by atoms with Crippen molar-refractivity contribution in [1.82, 2.24) is 29.7 Å². The van der Waals surface area contributed by atoms with Crippen molar-refractivity contribution in [2.24, 2.45) is 0 Å². The van der Waals surface area contributed by atoms with Gasteiger partial charge in [-0.05, 0) is 18.2 Å².